The molecule has 0 nitrogen and oxygen atoms in total. The lowest BCUT2D eigenvalue weighted by Gasteiger charge is -2.19. The molecule has 4 aromatic carbocycles. The summed E-state index contributed by atoms with van der Waals surface area (Å²) in [6.07, 6.45) is 4.36. The van der Waals surface area contributed by atoms with Gasteiger partial charge >= 0.3 is 0 Å². The van der Waals surface area contributed by atoms with Crippen molar-refractivity contribution in [2.45, 2.75) is 52.4 Å². The monoisotopic (exact) mass is 444 g/mol. The van der Waals surface area contributed by atoms with E-state index in [0.717, 1.165) is 0 Å². The Bertz CT molecular complexity index is 1240. The van der Waals surface area contributed by atoms with Gasteiger partial charge in [0.2, 0.25) is 0 Å². The molecule has 34 heavy (non-hydrogen) atoms. The predicted molar refractivity (Wildman–Crippen MR) is 150 cm³/mol. The lowest BCUT2D eigenvalue weighted by Crippen LogP contribution is -2.10. The summed E-state index contributed by atoms with van der Waals surface area (Å²) in [7, 11) is 0. The highest BCUT2D eigenvalue weighted by atomic mass is 14.2. The second-order valence-electron chi connectivity index (χ2n) is 11.2. The quantitative estimate of drug-likeness (QED) is 0.275. The molecule has 0 aliphatic rings. The van der Waals surface area contributed by atoms with Gasteiger partial charge in [0.05, 0.1) is 0 Å². The fourth-order valence-electron chi connectivity index (χ4n) is 4.09. The number of rotatable bonds is 4. The number of hydrogen-bond acceptors (Lipinski definition) is 0. The molecule has 0 saturated carbocycles. The first-order valence-electron chi connectivity index (χ1n) is 12.2. The van der Waals surface area contributed by atoms with Crippen LogP contribution < -0.4 is 0 Å². The topological polar surface area (TPSA) is 0 Å². The van der Waals surface area contributed by atoms with Crippen molar-refractivity contribution in [2.24, 2.45) is 0 Å². The summed E-state index contributed by atoms with van der Waals surface area (Å²) in [5, 5.41) is 0. The molecular formula is C34H36. The molecule has 4 aromatic rings. The van der Waals surface area contributed by atoms with E-state index in [9.17, 15) is 0 Å². The van der Waals surface area contributed by atoms with Crippen molar-refractivity contribution in [2.75, 3.05) is 0 Å². The van der Waals surface area contributed by atoms with Gasteiger partial charge in [-0.25, -0.2) is 0 Å². The summed E-state index contributed by atoms with van der Waals surface area (Å²) in [5.74, 6) is 0. The van der Waals surface area contributed by atoms with E-state index >= 15 is 0 Å². The molecular weight excluding hydrogens is 408 g/mol. The van der Waals surface area contributed by atoms with E-state index in [1.54, 1.807) is 0 Å². The maximum absolute atomic E-state index is 2.25. The van der Waals surface area contributed by atoms with Crippen LogP contribution in [0.2, 0.25) is 0 Å². The normalized spacial score (nSPS) is 12.3. The highest BCUT2D eigenvalue weighted by Crippen LogP contribution is 2.28. The Morgan fingerprint density at radius 3 is 0.912 bits per heavy atom. The largest absolute Gasteiger partial charge is 0.0579 e. The highest BCUT2D eigenvalue weighted by molar-refractivity contribution is 5.74. The second kappa shape index (κ2) is 9.47. The van der Waals surface area contributed by atoms with Gasteiger partial charge in [-0.3, -0.25) is 0 Å². The third kappa shape index (κ3) is 5.75. The first kappa shape index (κ1) is 23.8. The molecule has 0 aliphatic heterocycles. The lowest BCUT2D eigenvalue weighted by atomic mass is 9.86. The molecule has 0 unspecified atom stereocenters. The highest BCUT2D eigenvalue weighted by Gasteiger charge is 2.13. The van der Waals surface area contributed by atoms with Gasteiger partial charge in [-0.1, -0.05) is 151 Å². The van der Waals surface area contributed by atoms with Crippen LogP contribution in [0.4, 0.5) is 0 Å². The summed E-state index contributed by atoms with van der Waals surface area (Å²) < 4.78 is 0. The van der Waals surface area contributed by atoms with Crippen LogP contribution in [0, 0.1) is 0 Å². The standard InChI is InChI=1S/C34H36/c1-33(2,3)31-21-11-26(12-22-31)8-7-25-9-13-27(14-10-25)28-15-17-29(18-16-28)30-19-23-32(24-20-30)34(4,5)6/h7-24H,1-6H3/b8-7+. The minimum atomic E-state index is 0.181. The van der Waals surface area contributed by atoms with E-state index < -0.39 is 0 Å². The SMILES string of the molecule is CC(C)(C)c1ccc(/C=C/c2ccc(-c3ccc(-c4ccc(C(C)(C)C)cc4)cc3)cc2)cc1. The Balaban J connectivity index is 1.44. The van der Waals surface area contributed by atoms with Crippen LogP contribution in [0.3, 0.4) is 0 Å². The molecule has 0 heteroatoms. The fraction of sp³-hybridized carbons (Fsp3) is 0.235. The molecule has 0 fully saturated rings. The minimum absolute atomic E-state index is 0.181. The van der Waals surface area contributed by atoms with Crippen molar-refractivity contribution in [3.63, 3.8) is 0 Å². The van der Waals surface area contributed by atoms with Gasteiger partial charge in [0.25, 0.3) is 0 Å². The first-order chi connectivity index (χ1) is 16.1. The van der Waals surface area contributed by atoms with E-state index in [0.29, 0.717) is 0 Å². The molecule has 0 heterocycles. The van der Waals surface area contributed by atoms with Crippen LogP contribution in [0.5, 0.6) is 0 Å². The Kier molecular flexibility index (Phi) is 6.62. The summed E-state index contributed by atoms with van der Waals surface area (Å²) in [4.78, 5) is 0. The van der Waals surface area contributed by atoms with Gasteiger partial charge in [-0.05, 0) is 55.3 Å². The molecule has 172 valence electrons. The zero-order valence-corrected chi connectivity index (χ0v) is 21.4. The molecule has 0 spiro atoms. The second-order valence-corrected chi connectivity index (χ2v) is 11.2. The minimum Gasteiger partial charge on any atom is -0.0579 e. The number of hydrogen-bond donors (Lipinski definition) is 0. The molecule has 0 N–H and O–H groups in total. The zero-order valence-electron chi connectivity index (χ0n) is 21.4. The maximum Gasteiger partial charge on any atom is -0.0132 e. The average molecular weight is 445 g/mol. The summed E-state index contributed by atoms with van der Waals surface area (Å²) in [6.45, 7) is 13.5. The molecule has 0 saturated heterocycles. The van der Waals surface area contributed by atoms with E-state index in [1.807, 2.05) is 0 Å². The summed E-state index contributed by atoms with van der Waals surface area (Å²) in [6, 6.07) is 35.5. The van der Waals surface area contributed by atoms with Crippen molar-refractivity contribution in [3.8, 4) is 22.3 Å². The van der Waals surface area contributed by atoms with Crippen molar-refractivity contribution in [1.82, 2.24) is 0 Å². The van der Waals surface area contributed by atoms with Crippen molar-refractivity contribution >= 4 is 12.2 Å². The van der Waals surface area contributed by atoms with Crippen LogP contribution in [0.25, 0.3) is 34.4 Å². The summed E-state index contributed by atoms with van der Waals surface area (Å²) in [5.41, 5.74) is 10.5. The van der Waals surface area contributed by atoms with Crippen molar-refractivity contribution < 1.29 is 0 Å². The van der Waals surface area contributed by atoms with E-state index in [4.69, 9.17) is 0 Å². The van der Waals surface area contributed by atoms with Gasteiger partial charge in [0.15, 0.2) is 0 Å². The third-order valence-electron chi connectivity index (χ3n) is 6.46. The van der Waals surface area contributed by atoms with Gasteiger partial charge in [0, 0.05) is 0 Å². The lowest BCUT2D eigenvalue weighted by molar-refractivity contribution is 0.590. The van der Waals surface area contributed by atoms with Crippen LogP contribution in [0.15, 0.2) is 97.1 Å². The Labute approximate surface area is 206 Å². The van der Waals surface area contributed by atoms with E-state index in [2.05, 4.69) is 151 Å². The first-order valence-corrected chi connectivity index (χ1v) is 12.2. The van der Waals surface area contributed by atoms with E-state index in [-0.39, 0.29) is 10.8 Å². The Hall–Kier alpha value is -3.38. The molecule has 0 atom stereocenters. The Morgan fingerprint density at radius 2 is 0.588 bits per heavy atom. The van der Waals surface area contributed by atoms with Gasteiger partial charge in [-0.2, -0.15) is 0 Å². The molecule has 0 aliphatic carbocycles. The zero-order chi connectivity index (χ0) is 24.3. The Morgan fingerprint density at radius 1 is 0.353 bits per heavy atom. The maximum atomic E-state index is 2.25. The third-order valence-corrected chi connectivity index (χ3v) is 6.46. The van der Waals surface area contributed by atoms with Crippen molar-refractivity contribution in [3.05, 3.63) is 119 Å². The van der Waals surface area contributed by atoms with Crippen LogP contribution in [-0.4, -0.2) is 0 Å². The van der Waals surface area contributed by atoms with Gasteiger partial charge < -0.3 is 0 Å². The molecule has 0 amide bonds. The van der Waals surface area contributed by atoms with Crippen LogP contribution >= 0.6 is 0 Å². The fourth-order valence-corrected chi connectivity index (χ4v) is 4.09. The molecule has 0 radical (unpaired) electrons. The predicted octanol–water partition coefficient (Wildman–Crippen LogP) is 9.79. The average Bonchev–Trinajstić information content (AvgIpc) is 2.82. The van der Waals surface area contributed by atoms with Crippen LogP contribution in [0.1, 0.15) is 63.8 Å². The smallest absolute Gasteiger partial charge is 0.0132 e. The van der Waals surface area contributed by atoms with Crippen molar-refractivity contribution in [1.29, 1.82) is 0 Å². The summed E-state index contributed by atoms with van der Waals surface area (Å²) >= 11 is 0. The molecule has 0 aromatic heterocycles. The van der Waals surface area contributed by atoms with E-state index in [1.165, 1.54) is 44.5 Å². The molecule has 4 rings (SSSR count). The van der Waals surface area contributed by atoms with Gasteiger partial charge in [-0.15, -0.1) is 0 Å². The van der Waals surface area contributed by atoms with Crippen LogP contribution in [-0.2, 0) is 10.8 Å². The van der Waals surface area contributed by atoms with Gasteiger partial charge in [0.1, 0.15) is 0 Å². The molecule has 0 bridgehead atoms. The number of benzene rings is 4.